The van der Waals surface area contributed by atoms with Gasteiger partial charge in [-0.3, -0.25) is 0 Å². The number of hydrogen-bond acceptors (Lipinski definition) is 5. The first-order chi connectivity index (χ1) is 7.60. The number of methoxy groups -OCH3 is 1. The van der Waals surface area contributed by atoms with Crippen LogP contribution in [-0.2, 0) is 4.74 Å². The summed E-state index contributed by atoms with van der Waals surface area (Å²) < 4.78 is 4.50. The summed E-state index contributed by atoms with van der Waals surface area (Å²) in [6.07, 6.45) is 2.78. The van der Waals surface area contributed by atoms with Gasteiger partial charge >= 0.3 is 5.97 Å². The molecule has 0 atom stereocenters. The molecule has 0 radical (unpaired) electrons. The van der Waals surface area contributed by atoms with E-state index in [9.17, 15) is 15.0 Å². The summed E-state index contributed by atoms with van der Waals surface area (Å²) in [7, 11) is 1.19. The van der Waals surface area contributed by atoms with E-state index in [1.54, 1.807) is 0 Å². The maximum Gasteiger partial charge on any atom is 0.342 e. The lowest BCUT2D eigenvalue weighted by molar-refractivity contribution is 0.0597. The molecule has 0 saturated carbocycles. The summed E-state index contributed by atoms with van der Waals surface area (Å²) in [6.45, 7) is -0.211. The third-order valence-corrected chi connectivity index (χ3v) is 1.93. The van der Waals surface area contributed by atoms with E-state index in [-0.39, 0.29) is 29.2 Å². The van der Waals surface area contributed by atoms with Crippen molar-refractivity contribution < 1.29 is 24.9 Å². The Kier molecular flexibility index (Phi) is 3.90. The molecule has 5 heteroatoms. The Morgan fingerprint density at radius 1 is 1.44 bits per heavy atom. The lowest BCUT2D eigenvalue weighted by Gasteiger charge is -2.07. The molecule has 1 aromatic rings. The van der Waals surface area contributed by atoms with Crippen molar-refractivity contribution in [1.82, 2.24) is 0 Å². The highest BCUT2D eigenvalue weighted by Gasteiger charge is 2.16. The zero-order valence-corrected chi connectivity index (χ0v) is 8.67. The van der Waals surface area contributed by atoms with Crippen LogP contribution in [0.4, 0.5) is 0 Å². The van der Waals surface area contributed by atoms with Crippen molar-refractivity contribution in [2.75, 3.05) is 13.7 Å². The smallest absolute Gasteiger partial charge is 0.342 e. The van der Waals surface area contributed by atoms with Crippen LogP contribution in [0.1, 0.15) is 15.9 Å². The molecule has 16 heavy (non-hydrogen) atoms. The van der Waals surface area contributed by atoms with Crippen molar-refractivity contribution in [2.24, 2.45) is 0 Å². The number of rotatable bonds is 3. The van der Waals surface area contributed by atoms with Crippen LogP contribution in [0.3, 0.4) is 0 Å². The van der Waals surface area contributed by atoms with E-state index in [2.05, 4.69) is 4.74 Å². The largest absolute Gasteiger partial charge is 0.508 e. The van der Waals surface area contributed by atoms with E-state index in [4.69, 9.17) is 5.11 Å². The second kappa shape index (κ2) is 5.18. The van der Waals surface area contributed by atoms with Crippen LogP contribution in [-0.4, -0.2) is 35.0 Å². The van der Waals surface area contributed by atoms with Crippen LogP contribution in [0.5, 0.6) is 11.5 Å². The first-order valence-electron chi connectivity index (χ1n) is 4.51. The van der Waals surface area contributed by atoms with Gasteiger partial charge in [0, 0.05) is 6.07 Å². The maximum atomic E-state index is 11.4. The molecule has 0 fully saturated rings. The molecular weight excluding hydrogens is 212 g/mol. The van der Waals surface area contributed by atoms with Crippen molar-refractivity contribution in [3.8, 4) is 11.5 Å². The Balaban J connectivity index is 3.32. The minimum absolute atomic E-state index is 0.0509. The van der Waals surface area contributed by atoms with E-state index in [0.29, 0.717) is 0 Å². The second-order valence-corrected chi connectivity index (χ2v) is 3.01. The summed E-state index contributed by atoms with van der Waals surface area (Å²) in [5.41, 5.74) is 0.225. The molecular formula is C11H12O5. The predicted octanol–water partition coefficient (Wildman–Crippen LogP) is 0.890. The Labute approximate surface area is 92.2 Å². The monoisotopic (exact) mass is 224 g/mol. The fourth-order valence-electron chi connectivity index (χ4n) is 1.27. The van der Waals surface area contributed by atoms with Crippen molar-refractivity contribution in [1.29, 1.82) is 0 Å². The van der Waals surface area contributed by atoms with E-state index >= 15 is 0 Å². The fourth-order valence-corrected chi connectivity index (χ4v) is 1.27. The molecule has 0 aliphatic carbocycles. The van der Waals surface area contributed by atoms with Crippen LogP contribution in [0.2, 0.25) is 0 Å². The van der Waals surface area contributed by atoms with Crippen molar-refractivity contribution >= 4 is 12.0 Å². The van der Waals surface area contributed by atoms with Crippen molar-refractivity contribution in [2.45, 2.75) is 0 Å². The van der Waals surface area contributed by atoms with Crippen molar-refractivity contribution in [3.05, 3.63) is 29.3 Å². The number of carbonyl (C=O) groups is 1. The Hall–Kier alpha value is -2.01. The van der Waals surface area contributed by atoms with E-state index in [1.165, 1.54) is 25.3 Å². The summed E-state index contributed by atoms with van der Waals surface area (Å²) in [5, 5.41) is 27.4. The number of esters is 1. The van der Waals surface area contributed by atoms with Crippen LogP contribution >= 0.6 is 0 Å². The van der Waals surface area contributed by atoms with Crippen LogP contribution in [0.25, 0.3) is 6.08 Å². The van der Waals surface area contributed by atoms with E-state index < -0.39 is 5.97 Å². The number of benzene rings is 1. The van der Waals surface area contributed by atoms with Crippen LogP contribution in [0, 0.1) is 0 Å². The third-order valence-electron chi connectivity index (χ3n) is 1.93. The Morgan fingerprint density at radius 2 is 2.12 bits per heavy atom. The van der Waals surface area contributed by atoms with Gasteiger partial charge in [0.1, 0.15) is 17.1 Å². The van der Waals surface area contributed by atoms with Crippen LogP contribution < -0.4 is 0 Å². The molecule has 0 heterocycles. The maximum absolute atomic E-state index is 11.4. The molecule has 0 spiro atoms. The lowest BCUT2D eigenvalue weighted by Crippen LogP contribution is -2.04. The van der Waals surface area contributed by atoms with Crippen LogP contribution in [0.15, 0.2) is 18.2 Å². The zero-order chi connectivity index (χ0) is 12.1. The van der Waals surface area contributed by atoms with Gasteiger partial charge < -0.3 is 20.1 Å². The van der Waals surface area contributed by atoms with Gasteiger partial charge in [-0.1, -0.05) is 12.2 Å². The highest BCUT2D eigenvalue weighted by molar-refractivity contribution is 5.96. The van der Waals surface area contributed by atoms with Gasteiger partial charge in [0.05, 0.1) is 13.7 Å². The highest BCUT2D eigenvalue weighted by Crippen LogP contribution is 2.28. The van der Waals surface area contributed by atoms with Gasteiger partial charge in [0.2, 0.25) is 0 Å². The molecule has 0 aliphatic heterocycles. The summed E-state index contributed by atoms with van der Waals surface area (Å²) in [5.74, 6) is -1.26. The number of phenolic OH excluding ortho intramolecular Hbond substituents is 2. The standard InChI is InChI=1S/C11H12O5/c1-16-11(15)10-7(3-2-4-12)5-8(13)6-9(10)14/h2-3,5-6,12-14H,4H2,1H3/b3-2-. The van der Waals surface area contributed by atoms with Crippen molar-refractivity contribution in [3.63, 3.8) is 0 Å². The molecule has 0 unspecified atom stereocenters. The topological polar surface area (TPSA) is 87.0 Å². The average Bonchev–Trinajstić information content (AvgIpc) is 2.24. The lowest BCUT2D eigenvalue weighted by atomic mass is 10.1. The minimum Gasteiger partial charge on any atom is -0.508 e. The SMILES string of the molecule is COC(=O)c1c(O)cc(O)cc1/C=C\CO. The molecule has 0 amide bonds. The fraction of sp³-hybridized carbons (Fsp3) is 0.182. The van der Waals surface area contributed by atoms with Gasteiger partial charge in [-0.2, -0.15) is 0 Å². The first kappa shape index (κ1) is 12.1. The average molecular weight is 224 g/mol. The van der Waals surface area contributed by atoms with E-state index in [1.807, 2.05) is 0 Å². The molecule has 0 aromatic heterocycles. The summed E-state index contributed by atoms with van der Waals surface area (Å²) in [6, 6.07) is 2.33. The number of aliphatic hydroxyl groups is 1. The third kappa shape index (κ3) is 2.52. The van der Waals surface area contributed by atoms with Gasteiger partial charge in [-0.15, -0.1) is 0 Å². The number of aliphatic hydroxyl groups excluding tert-OH is 1. The highest BCUT2D eigenvalue weighted by atomic mass is 16.5. The Morgan fingerprint density at radius 3 is 2.69 bits per heavy atom. The predicted molar refractivity (Wildman–Crippen MR) is 57.2 cm³/mol. The molecule has 0 saturated heterocycles. The molecule has 0 aliphatic rings. The number of ether oxygens (including phenoxy) is 1. The number of hydrogen-bond donors (Lipinski definition) is 3. The Bertz CT molecular complexity index is 423. The minimum atomic E-state index is -0.713. The molecule has 5 nitrogen and oxygen atoms in total. The molecule has 1 aromatic carbocycles. The normalized spacial score (nSPS) is 10.6. The summed E-state index contributed by atoms with van der Waals surface area (Å²) >= 11 is 0. The summed E-state index contributed by atoms with van der Waals surface area (Å²) in [4.78, 5) is 11.4. The van der Waals surface area contributed by atoms with Gasteiger partial charge in [0.25, 0.3) is 0 Å². The van der Waals surface area contributed by atoms with Gasteiger partial charge in [-0.25, -0.2) is 4.79 Å². The number of phenols is 2. The molecule has 3 N–H and O–H groups in total. The second-order valence-electron chi connectivity index (χ2n) is 3.01. The zero-order valence-electron chi connectivity index (χ0n) is 8.67. The van der Waals surface area contributed by atoms with Gasteiger partial charge in [0.15, 0.2) is 0 Å². The van der Waals surface area contributed by atoms with Gasteiger partial charge in [-0.05, 0) is 11.6 Å². The number of carbonyl (C=O) groups excluding carboxylic acids is 1. The van der Waals surface area contributed by atoms with E-state index in [0.717, 1.165) is 6.07 Å². The first-order valence-corrected chi connectivity index (χ1v) is 4.51. The molecule has 0 bridgehead atoms. The molecule has 86 valence electrons. The quantitative estimate of drug-likeness (QED) is 0.664. The number of aromatic hydroxyl groups is 2. The molecule has 1 rings (SSSR count).